The standard InChI is InChI=1S/C17H18N2O4S/c1-3-11-9(2)24-17(14(11)15(18)20)19-16(21)10-4-5-12-13(8-10)23-7-6-22-12/h4-5,8H,3,6-7H2,1-2H3,(H2,18,20)(H,19,21). The van der Waals surface area contributed by atoms with Crippen LogP contribution in [0.2, 0.25) is 0 Å². The molecule has 6 nitrogen and oxygen atoms in total. The van der Waals surface area contributed by atoms with Crippen molar-refractivity contribution >= 4 is 28.2 Å². The third kappa shape index (κ3) is 2.94. The second-order valence-electron chi connectivity index (χ2n) is 5.37. The minimum atomic E-state index is -0.534. The summed E-state index contributed by atoms with van der Waals surface area (Å²) in [6.45, 7) is 4.81. The van der Waals surface area contributed by atoms with Crippen LogP contribution < -0.4 is 20.5 Å². The Labute approximate surface area is 143 Å². The van der Waals surface area contributed by atoms with Crippen molar-refractivity contribution in [3.05, 3.63) is 39.8 Å². The van der Waals surface area contributed by atoms with Crippen LogP contribution in [0.5, 0.6) is 11.5 Å². The molecule has 1 aliphatic rings. The lowest BCUT2D eigenvalue weighted by atomic mass is 10.1. The van der Waals surface area contributed by atoms with Crippen molar-refractivity contribution in [3.8, 4) is 11.5 Å². The number of carbonyl (C=O) groups excluding carboxylic acids is 2. The van der Waals surface area contributed by atoms with Gasteiger partial charge in [-0.25, -0.2) is 0 Å². The summed E-state index contributed by atoms with van der Waals surface area (Å²) in [5.74, 6) is 0.309. The highest BCUT2D eigenvalue weighted by Crippen LogP contribution is 2.34. The van der Waals surface area contributed by atoms with Crippen LogP contribution in [0.25, 0.3) is 0 Å². The van der Waals surface area contributed by atoms with E-state index in [1.54, 1.807) is 18.2 Å². The van der Waals surface area contributed by atoms with Gasteiger partial charge in [0.05, 0.1) is 5.56 Å². The van der Waals surface area contributed by atoms with E-state index in [1.165, 1.54) is 11.3 Å². The van der Waals surface area contributed by atoms with Gasteiger partial charge in [-0.2, -0.15) is 0 Å². The lowest BCUT2D eigenvalue weighted by molar-refractivity contribution is 0.100. The molecule has 0 atom stereocenters. The monoisotopic (exact) mass is 346 g/mol. The number of hydrogen-bond donors (Lipinski definition) is 2. The number of ether oxygens (including phenoxy) is 2. The first kappa shape index (κ1) is 16.3. The molecule has 0 spiro atoms. The quantitative estimate of drug-likeness (QED) is 0.890. The fraction of sp³-hybridized carbons (Fsp3) is 0.294. The first-order chi connectivity index (χ1) is 11.5. The number of aryl methyl sites for hydroxylation is 1. The zero-order chi connectivity index (χ0) is 17.3. The van der Waals surface area contributed by atoms with Gasteiger partial charge in [-0.05, 0) is 37.1 Å². The summed E-state index contributed by atoms with van der Waals surface area (Å²) >= 11 is 1.36. The number of nitrogens with two attached hydrogens (primary N) is 1. The van der Waals surface area contributed by atoms with Gasteiger partial charge in [0.25, 0.3) is 11.8 Å². The minimum absolute atomic E-state index is 0.321. The lowest BCUT2D eigenvalue weighted by Gasteiger charge is -2.18. The molecule has 1 aromatic heterocycles. The Hall–Kier alpha value is -2.54. The van der Waals surface area contributed by atoms with Gasteiger partial charge in [0.1, 0.15) is 18.2 Å². The van der Waals surface area contributed by atoms with Crippen LogP contribution in [0.3, 0.4) is 0 Å². The predicted molar refractivity (Wildman–Crippen MR) is 92.3 cm³/mol. The normalized spacial score (nSPS) is 12.8. The van der Waals surface area contributed by atoms with Crippen molar-refractivity contribution in [2.75, 3.05) is 18.5 Å². The van der Waals surface area contributed by atoms with Gasteiger partial charge in [-0.3, -0.25) is 9.59 Å². The van der Waals surface area contributed by atoms with E-state index in [0.29, 0.717) is 47.3 Å². The number of fused-ring (bicyclic) bond motifs is 1. The Kier molecular flexibility index (Phi) is 4.44. The summed E-state index contributed by atoms with van der Waals surface area (Å²) in [6.07, 6.45) is 0.681. The molecule has 126 valence electrons. The number of amides is 2. The summed E-state index contributed by atoms with van der Waals surface area (Å²) in [7, 11) is 0. The van der Waals surface area contributed by atoms with Crippen molar-refractivity contribution in [1.29, 1.82) is 0 Å². The summed E-state index contributed by atoms with van der Waals surface area (Å²) in [5.41, 5.74) is 7.19. The molecule has 0 saturated heterocycles. The smallest absolute Gasteiger partial charge is 0.256 e. The van der Waals surface area contributed by atoms with Gasteiger partial charge < -0.3 is 20.5 Å². The molecule has 0 fully saturated rings. The summed E-state index contributed by atoms with van der Waals surface area (Å²) in [5, 5.41) is 3.28. The van der Waals surface area contributed by atoms with Gasteiger partial charge in [-0.1, -0.05) is 6.92 Å². The Balaban J connectivity index is 1.89. The number of rotatable bonds is 4. The molecule has 1 aliphatic heterocycles. The van der Waals surface area contributed by atoms with Gasteiger partial charge in [0.2, 0.25) is 0 Å². The van der Waals surface area contributed by atoms with E-state index in [-0.39, 0.29) is 5.91 Å². The van der Waals surface area contributed by atoms with Crippen LogP contribution in [0.4, 0.5) is 5.00 Å². The summed E-state index contributed by atoms with van der Waals surface area (Å²) < 4.78 is 10.9. The van der Waals surface area contributed by atoms with E-state index < -0.39 is 5.91 Å². The fourth-order valence-corrected chi connectivity index (χ4v) is 3.86. The SMILES string of the molecule is CCc1c(C)sc(NC(=O)c2ccc3c(c2)OCCO3)c1C(N)=O. The van der Waals surface area contributed by atoms with Gasteiger partial charge in [0, 0.05) is 10.4 Å². The maximum absolute atomic E-state index is 12.5. The number of primary amides is 1. The Morgan fingerprint density at radius 1 is 1.25 bits per heavy atom. The lowest BCUT2D eigenvalue weighted by Crippen LogP contribution is -2.19. The topological polar surface area (TPSA) is 90.7 Å². The summed E-state index contributed by atoms with van der Waals surface area (Å²) in [6, 6.07) is 5.00. The van der Waals surface area contributed by atoms with E-state index >= 15 is 0 Å². The highest BCUT2D eigenvalue weighted by molar-refractivity contribution is 7.16. The first-order valence-electron chi connectivity index (χ1n) is 7.64. The molecule has 2 amide bonds. The summed E-state index contributed by atoms with van der Waals surface area (Å²) in [4.78, 5) is 25.3. The van der Waals surface area contributed by atoms with Crippen LogP contribution in [0.15, 0.2) is 18.2 Å². The highest BCUT2D eigenvalue weighted by atomic mass is 32.1. The average Bonchev–Trinajstić information content (AvgIpc) is 2.89. The van der Waals surface area contributed by atoms with E-state index in [2.05, 4.69) is 5.32 Å². The van der Waals surface area contributed by atoms with Crippen LogP contribution in [0.1, 0.15) is 38.1 Å². The zero-order valence-electron chi connectivity index (χ0n) is 13.5. The van der Waals surface area contributed by atoms with Crippen molar-refractivity contribution in [2.45, 2.75) is 20.3 Å². The molecule has 1 aromatic carbocycles. The molecule has 2 aromatic rings. The second-order valence-corrected chi connectivity index (χ2v) is 6.60. The maximum atomic E-state index is 12.5. The van der Waals surface area contributed by atoms with Gasteiger partial charge in [0.15, 0.2) is 11.5 Å². The minimum Gasteiger partial charge on any atom is -0.486 e. The number of nitrogens with one attached hydrogen (secondary N) is 1. The zero-order valence-corrected chi connectivity index (χ0v) is 14.3. The fourth-order valence-electron chi connectivity index (χ4n) is 2.71. The second kappa shape index (κ2) is 6.52. The van der Waals surface area contributed by atoms with E-state index in [1.807, 2.05) is 13.8 Å². The van der Waals surface area contributed by atoms with E-state index in [9.17, 15) is 9.59 Å². The molecule has 24 heavy (non-hydrogen) atoms. The Morgan fingerprint density at radius 2 is 1.96 bits per heavy atom. The molecular weight excluding hydrogens is 328 g/mol. The molecular formula is C17H18N2O4S. The molecule has 0 saturated carbocycles. The molecule has 0 unspecified atom stereocenters. The number of benzene rings is 1. The number of anilines is 1. The van der Waals surface area contributed by atoms with E-state index in [4.69, 9.17) is 15.2 Å². The van der Waals surface area contributed by atoms with Crippen molar-refractivity contribution in [1.82, 2.24) is 0 Å². The third-order valence-corrected chi connectivity index (χ3v) is 4.90. The highest BCUT2D eigenvalue weighted by Gasteiger charge is 2.22. The van der Waals surface area contributed by atoms with E-state index in [0.717, 1.165) is 10.4 Å². The molecule has 7 heteroatoms. The molecule has 3 N–H and O–H groups in total. The Morgan fingerprint density at radius 3 is 2.62 bits per heavy atom. The van der Waals surface area contributed by atoms with Crippen molar-refractivity contribution < 1.29 is 19.1 Å². The first-order valence-corrected chi connectivity index (χ1v) is 8.46. The third-order valence-electron chi connectivity index (χ3n) is 3.84. The van der Waals surface area contributed by atoms with Crippen LogP contribution in [0, 0.1) is 6.92 Å². The van der Waals surface area contributed by atoms with Crippen molar-refractivity contribution in [2.24, 2.45) is 5.73 Å². The Bertz CT molecular complexity index is 813. The number of hydrogen-bond acceptors (Lipinski definition) is 5. The van der Waals surface area contributed by atoms with Crippen LogP contribution >= 0.6 is 11.3 Å². The molecule has 3 rings (SSSR count). The van der Waals surface area contributed by atoms with Crippen LogP contribution in [-0.2, 0) is 6.42 Å². The number of carbonyl (C=O) groups is 2. The molecule has 0 radical (unpaired) electrons. The molecule has 0 bridgehead atoms. The predicted octanol–water partition coefficient (Wildman–Crippen LogP) is 2.74. The molecule has 2 heterocycles. The van der Waals surface area contributed by atoms with Crippen LogP contribution in [-0.4, -0.2) is 25.0 Å². The van der Waals surface area contributed by atoms with Gasteiger partial charge in [-0.15, -0.1) is 11.3 Å². The van der Waals surface area contributed by atoms with Crippen molar-refractivity contribution in [3.63, 3.8) is 0 Å². The average molecular weight is 346 g/mol. The maximum Gasteiger partial charge on any atom is 0.256 e. The largest absolute Gasteiger partial charge is 0.486 e. The van der Waals surface area contributed by atoms with Gasteiger partial charge >= 0.3 is 0 Å². The molecule has 0 aliphatic carbocycles. The number of thiophene rings is 1.